The molecule has 0 fully saturated rings. The van der Waals surface area contributed by atoms with Gasteiger partial charge in [0.05, 0.1) is 11.6 Å². The summed E-state index contributed by atoms with van der Waals surface area (Å²) in [6.45, 7) is 5.72. The van der Waals surface area contributed by atoms with Gasteiger partial charge < -0.3 is 15.4 Å². The molecule has 2 rings (SSSR count). The summed E-state index contributed by atoms with van der Waals surface area (Å²) < 4.78 is 5.26. The number of hydrogen-bond donors (Lipinski definition) is 2. The SMILES string of the molecule is CCCNc1nc(NCC(C)OC)c2ccccc2n1. The molecule has 0 aliphatic heterocycles. The second-order valence-electron chi connectivity index (χ2n) is 4.77. The normalized spacial score (nSPS) is 12.3. The van der Waals surface area contributed by atoms with Crippen molar-refractivity contribution in [2.24, 2.45) is 0 Å². The highest BCUT2D eigenvalue weighted by Crippen LogP contribution is 2.21. The number of rotatable bonds is 7. The first-order chi connectivity index (χ1) is 9.74. The first kappa shape index (κ1) is 14.5. The summed E-state index contributed by atoms with van der Waals surface area (Å²) >= 11 is 0. The van der Waals surface area contributed by atoms with E-state index in [1.54, 1.807) is 7.11 Å². The van der Waals surface area contributed by atoms with Crippen LogP contribution in [0.2, 0.25) is 0 Å². The Labute approximate surface area is 119 Å². The van der Waals surface area contributed by atoms with Crippen LogP contribution in [0.15, 0.2) is 24.3 Å². The van der Waals surface area contributed by atoms with Crippen LogP contribution >= 0.6 is 0 Å². The molecule has 0 saturated heterocycles. The van der Waals surface area contributed by atoms with Crippen LogP contribution in [0.1, 0.15) is 20.3 Å². The zero-order valence-corrected chi connectivity index (χ0v) is 12.3. The molecule has 0 saturated carbocycles. The highest BCUT2D eigenvalue weighted by atomic mass is 16.5. The maximum atomic E-state index is 5.26. The molecule has 2 aromatic rings. The van der Waals surface area contributed by atoms with Gasteiger partial charge in [-0.3, -0.25) is 0 Å². The second kappa shape index (κ2) is 7.05. The standard InChI is InChI=1S/C15H22N4O/c1-4-9-16-15-18-13-8-6-5-7-12(13)14(19-15)17-10-11(2)20-3/h5-8,11H,4,9-10H2,1-3H3,(H2,16,17,18,19). The molecule has 5 nitrogen and oxygen atoms in total. The molecule has 1 atom stereocenters. The Kier molecular flexibility index (Phi) is 5.12. The van der Waals surface area contributed by atoms with Gasteiger partial charge in [-0.1, -0.05) is 19.1 Å². The summed E-state index contributed by atoms with van der Waals surface area (Å²) in [5.74, 6) is 1.51. The van der Waals surface area contributed by atoms with Gasteiger partial charge in [0.15, 0.2) is 0 Å². The van der Waals surface area contributed by atoms with Gasteiger partial charge in [-0.15, -0.1) is 0 Å². The number of nitrogens with zero attached hydrogens (tertiary/aromatic N) is 2. The fourth-order valence-corrected chi connectivity index (χ4v) is 1.85. The molecule has 0 amide bonds. The molecule has 1 aromatic carbocycles. The molecule has 108 valence electrons. The maximum Gasteiger partial charge on any atom is 0.225 e. The van der Waals surface area contributed by atoms with E-state index >= 15 is 0 Å². The van der Waals surface area contributed by atoms with Gasteiger partial charge in [-0.25, -0.2) is 4.98 Å². The van der Waals surface area contributed by atoms with E-state index in [-0.39, 0.29) is 6.10 Å². The van der Waals surface area contributed by atoms with Crippen LogP contribution in [-0.2, 0) is 4.74 Å². The Hall–Kier alpha value is -1.88. The third-order valence-electron chi connectivity index (χ3n) is 3.10. The van der Waals surface area contributed by atoms with Gasteiger partial charge >= 0.3 is 0 Å². The van der Waals surface area contributed by atoms with Gasteiger partial charge in [0.2, 0.25) is 5.95 Å². The van der Waals surface area contributed by atoms with E-state index in [1.807, 2.05) is 31.2 Å². The molecular formula is C15H22N4O. The average molecular weight is 274 g/mol. The Morgan fingerprint density at radius 3 is 2.75 bits per heavy atom. The largest absolute Gasteiger partial charge is 0.380 e. The first-order valence-corrected chi connectivity index (χ1v) is 7.02. The van der Waals surface area contributed by atoms with Crippen LogP contribution in [0.4, 0.5) is 11.8 Å². The van der Waals surface area contributed by atoms with E-state index in [0.29, 0.717) is 12.5 Å². The van der Waals surface area contributed by atoms with E-state index < -0.39 is 0 Å². The summed E-state index contributed by atoms with van der Waals surface area (Å²) in [5.41, 5.74) is 0.939. The molecule has 2 N–H and O–H groups in total. The predicted molar refractivity (Wildman–Crippen MR) is 83.3 cm³/mol. The van der Waals surface area contributed by atoms with E-state index in [4.69, 9.17) is 4.74 Å². The summed E-state index contributed by atoms with van der Waals surface area (Å²) in [7, 11) is 1.71. The number of fused-ring (bicyclic) bond motifs is 1. The number of hydrogen-bond acceptors (Lipinski definition) is 5. The second-order valence-corrected chi connectivity index (χ2v) is 4.77. The van der Waals surface area contributed by atoms with Crippen LogP contribution < -0.4 is 10.6 Å². The molecule has 0 aliphatic rings. The molecule has 0 radical (unpaired) electrons. The van der Waals surface area contributed by atoms with Crippen molar-refractivity contribution in [2.45, 2.75) is 26.4 Å². The minimum absolute atomic E-state index is 0.135. The molecule has 0 bridgehead atoms. The lowest BCUT2D eigenvalue weighted by atomic mass is 10.2. The third kappa shape index (κ3) is 3.57. The zero-order chi connectivity index (χ0) is 14.4. The number of nitrogens with one attached hydrogen (secondary N) is 2. The van der Waals surface area contributed by atoms with Crippen LogP contribution in [0.3, 0.4) is 0 Å². The molecule has 1 unspecified atom stereocenters. The molecule has 0 spiro atoms. The van der Waals surface area contributed by atoms with Gasteiger partial charge in [-0.05, 0) is 25.5 Å². The predicted octanol–water partition coefficient (Wildman–Crippen LogP) is 2.90. The maximum absolute atomic E-state index is 5.26. The molecule has 5 heteroatoms. The highest BCUT2D eigenvalue weighted by molar-refractivity contribution is 5.90. The monoisotopic (exact) mass is 274 g/mol. The molecule has 1 aromatic heterocycles. The van der Waals surface area contributed by atoms with Crippen molar-refractivity contribution in [3.63, 3.8) is 0 Å². The van der Waals surface area contributed by atoms with E-state index in [0.717, 1.165) is 29.7 Å². The average Bonchev–Trinajstić information content (AvgIpc) is 2.50. The van der Waals surface area contributed by atoms with E-state index in [9.17, 15) is 0 Å². The third-order valence-corrected chi connectivity index (χ3v) is 3.10. The number of methoxy groups -OCH3 is 1. The summed E-state index contributed by atoms with van der Waals surface area (Å²) in [6.07, 6.45) is 1.18. The van der Waals surface area contributed by atoms with Crippen molar-refractivity contribution in [1.82, 2.24) is 9.97 Å². The van der Waals surface area contributed by atoms with E-state index in [2.05, 4.69) is 27.5 Å². The fraction of sp³-hybridized carbons (Fsp3) is 0.467. The smallest absolute Gasteiger partial charge is 0.225 e. The van der Waals surface area contributed by atoms with Gasteiger partial charge in [0.25, 0.3) is 0 Å². The lowest BCUT2D eigenvalue weighted by molar-refractivity contribution is 0.128. The fourth-order valence-electron chi connectivity index (χ4n) is 1.85. The van der Waals surface area contributed by atoms with Crippen molar-refractivity contribution in [3.8, 4) is 0 Å². The van der Waals surface area contributed by atoms with Crippen molar-refractivity contribution in [2.75, 3.05) is 30.8 Å². The lowest BCUT2D eigenvalue weighted by Gasteiger charge is -2.14. The summed E-state index contributed by atoms with van der Waals surface area (Å²) in [4.78, 5) is 9.08. The molecular weight excluding hydrogens is 252 g/mol. The van der Waals surface area contributed by atoms with Crippen molar-refractivity contribution in [3.05, 3.63) is 24.3 Å². The first-order valence-electron chi connectivity index (χ1n) is 7.02. The molecule has 0 aliphatic carbocycles. The number of benzene rings is 1. The van der Waals surface area contributed by atoms with Crippen molar-refractivity contribution >= 4 is 22.7 Å². The lowest BCUT2D eigenvalue weighted by Crippen LogP contribution is -2.19. The van der Waals surface area contributed by atoms with Crippen molar-refractivity contribution < 1.29 is 4.74 Å². The summed E-state index contributed by atoms with van der Waals surface area (Å²) in [5, 5.41) is 7.60. The highest BCUT2D eigenvalue weighted by Gasteiger charge is 2.08. The number of ether oxygens (including phenoxy) is 1. The number of aromatic nitrogens is 2. The van der Waals surface area contributed by atoms with Crippen LogP contribution in [-0.4, -0.2) is 36.3 Å². The molecule has 20 heavy (non-hydrogen) atoms. The van der Waals surface area contributed by atoms with Gasteiger partial charge in [-0.2, -0.15) is 4.98 Å². The van der Waals surface area contributed by atoms with Crippen LogP contribution in [0.5, 0.6) is 0 Å². The zero-order valence-electron chi connectivity index (χ0n) is 12.3. The number of anilines is 2. The molecule has 1 heterocycles. The summed E-state index contributed by atoms with van der Waals surface area (Å²) in [6, 6.07) is 8.01. The van der Waals surface area contributed by atoms with Crippen LogP contribution in [0.25, 0.3) is 10.9 Å². The number of para-hydroxylation sites is 1. The van der Waals surface area contributed by atoms with Gasteiger partial charge in [0, 0.05) is 25.6 Å². The Morgan fingerprint density at radius 2 is 2.00 bits per heavy atom. The van der Waals surface area contributed by atoms with Gasteiger partial charge in [0.1, 0.15) is 5.82 Å². The van der Waals surface area contributed by atoms with E-state index in [1.165, 1.54) is 0 Å². The van der Waals surface area contributed by atoms with Crippen molar-refractivity contribution in [1.29, 1.82) is 0 Å². The minimum atomic E-state index is 0.135. The Balaban J connectivity index is 2.28. The topological polar surface area (TPSA) is 59.1 Å². The quantitative estimate of drug-likeness (QED) is 0.813. The Bertz CT molecular complexity index is 559. The Morgan fingerprint density at radius 1 is 1.20 bits per heavy atom. The van der Waals surface area contributed by atoms with Crippen LogP contribution in [0, 0.1) is 0 Å². The minimum Gasteiger partial charge on any atom is -0.380 e.